The Morgan fingerprint density at radius 3 is 2.75 bits per heavy atom. The first-order chi connectivity index (χ1) is 17.5. The summed E-state index contributed by atoms with van der Waals surface area (Å²) in [5.41, 5.74) is 1.25. The maximum absolute atomic E-state index is 16.1. The quantitative estimate of drug-likeness (QED) is 0.333. The Morgan fingerprint density at radius 2 is 2.06 bits per heavy atom. The van der Waals surface area contributed by atoms with Crippen molar-refractivity contribution < 1.29 is 18.7 Å². The zero-order valence-electron chi connectivity index (χ0n) is 18.8. The molecule has 4 heterocycles. The molecule has 9 nitrogen and oxygen atoms in total. The highest BCUT2D eigenvalue weighted by Crippen LogP contribution is 2.47. The third kappa shape index (κ3) is 3.50. The highest BCUT2D eigenvalue weighted by Gasteiger charge is 2.47. The number of aromatic nitrogens is 4. The lowest BCUT2D eigenvalue weighted by Crippen LogP contribution is -2.51. The van der Waals surface area contributed by atoms with Gasteiger partial charge in [-0.2, -0.15) is 5.26 Å². The van der Waals surface area contributed by atoms with Gasteiger partial charge in [0.2, 0.25) is 0 Å². The van der Waals surface area contributed by atoms with E-state index in [1.165, 1.54) is 12.5 Å². The number of carboxylic acids is 1. The number of carbonyl (C=O) groups is 1. The summed E-state index contributed by atoms with van der Waals surface area (Å²) in [6.07, 6.45) is 7.80. The van der Waals surface area contributed by atoms with Crippen molar-refractivity contribution in [2.24, 2.45) is 17.8 Å². The van der Waals surface area contributed by atoms with Crippen molar-refractivity contribution in [2.45, 2.75) is 31.7 Å². The van der Waals surface area contributed by atoms with Gasteiger partial charge in [-0.3, -0.25) is 4.79 Å². The Kier molecular flexibility index (Phi) is 5.38. The van der Waals surface area contributed by atoms with E-state index in [0.29, 0.717) is 16.7 Å². The van der Waals surface area contributed by atoms with Crippen LogP contribution in [0.1, 0.15) is 31.2 Å². The number of halogens is 2. The van der Waals surface area contributed by atoms with Crippen molar-refractivity contribution in [3.05, 3.63) is 47.3 Å². The van der Waals surface area contributed by atoms with Crippen molar-refractivity contribution in [3.8, 4) is 28.7 Å². The lowest BCUT2D eigenvalue weighted by molar-refractivity contribution is -0.148. The van der Waals surface area contributed by atoms with Gasteiger partial charge in [-0.15, -0.1) is 0 Å². The van der Waals surface area contributed by atoms with Crippen molar-refractivity contribution in [2.75, 3.05) is 5.32 Å². The Morgan fingerprint density at radius 1 is 1.28 bits per heavy atom. The van der Waals surface area contributed by atoms with E-state index < -0.39 is 23.7 Å². The number of aliphatic carboxylic acids is 1. The fourth-order valence-electron chi connectivity index (χ4n) is 5.84. The van der Waals surface area contributed by atoms with E-state index in [2.05, 4.69) is 31.3 Å². The van der Waals surface area contributed by atoms with E-state index in [1.807, 2.05) is 0 Å². The molecule has 3 aliphatic carbocycles. The molecule has 7 rings (SSSR count). The summed E-state index contributed by atoms with van der Waals surface area (Å²) in [4.78, 5) is 28.2. The molecule has 0 radical (unpaired) electrons. The summed E-state index contributed by atoms with van der Waals surface area (Å²) in [5, 5.41) is 23.3. The van der Waals surface area contributed by atoms with Gasteiger partial charge in [0.05, 0.1) is 35.2 Å². The van der Waals surface area contributed by atoms with Crippen molar-refractivity contribution in [3.63, 3.8) is 0 Å². The highest BCUT2D eigenvalue weighted by molar-refractivity contribution is 6.29. The molecule has 2 atom stereocenters. The summed E-state index contributed by atoms with van der Waals surface area (Å²) in [6, 6.07) is 4.73. The summed E-state index contributed by atoms with van der Waals surface area (Å²) in [5.74, 6) is -2.20. The number of anilines is 1. The standard InChI is InChI=1S/C25H20ClFN6O3/c26-16-10-30-24-22(31-16)14(9-29-24)21-13(8-28)18(15-2-1-7-36-15)19(27)23(33-21)32-20-12-5-3-11(4-6-12)17(20)25(34)35/h1-2,7,9-12,17,20H,3-6H2,(H,29,30)(H,32,33)(H,34,35)/t11?,12?,17-,20-/m0/s1. The highest BCUT2D eigenvalue weighted by atomic mass is 35.5. The van der Waals surface area contributed by atoms with Gasteiger partial charge in [0.15, 0.2) is 17.3 Å². The molecule has 3 aliphatic rings. The second kappa shape index (κ2) is 8.60. The minimum Gasteiger partial charge on any atom is -0.481 e. The van der Waals surface area contributed by atoms with E-state index in [0.717, 1.165) is 25.7 Å². The van der Waals surface area contributed by atoms with Crippen molar-refractivity contribution >= 4 is 34.6 Å². The van der Waals surface area contributed by atoms with Crippen molar-refractivity contribution in [1.29, 1.82) is 5.26 Å². The molecular weight excluding hydrogens is 487 g/mol. The summed E-state index contributed by atoms with van der Waals surface area (Å²) in [7, 11) is 0. The Hall–Kier alpha value is -3.97. The minimum atomic E-state index is -0.899. The van der Waals surface area contributed by atoms with Crippen LogP contribution < -0.4 is 5.32 Å². The number of pyridine rings is 1. The topological polar surface area (TPSA) is 141 Å². The number of nitriles is 1. The lowest BCUT2D eigenvalue weighted by Gasteiger charge is -2.47. The second-order valence-corrected chi connectivity index (χ2v) is 9.65. The first-order valence-corrected chi connectivity index (χ1v) is 12.0. The molecule has 0 saturated heterocycles. The number of hydrogen-bond acceptors (Lipinski definition) is 7. The molecule has 2 bridgehead atoms. The largest absolute Gasteiger partial charge is 0.481 e. The summed E-state index contributed by atoms with van der Waals surface area (Å²) >= 11 is 6.07. The molecule has 182 valence electrons. The van der Waals surface area contributed by atoms with Gasteiger partial charge in [-0.05, 0) is 49.7 Å². The molecule has 0 aliphatic heterocycles. The van der Waals surface area contributed by atoms with Crippen LogP contribution >= 0.6 is 11.6 Å². The van der Waals surface area contributed by atoms with Crippen LogP contribution in [-0.2, 0) is 4.79 Å². The van der Waals surface area contributed by atoms with Crippen LogP contribution in [0.2, 0.25) is 5.15 Å². The number of furan rings is 1. The van der Waals surface area contributed by atoms with E-state index in [1.54, 1.807) is 18.3 Å². The molecule has 0 unspecified atom stereocenters. The molecule has 36 heavy (non-hydrogen) atoms. The third-order valence-corrected chi connectivity index (χ3v) is 7.61. The van der Waals surface area contributed by atoms with E-state index >= 15 is 4.39 Å². The molecule has 3 saturated carbocycles. The minimum absolute atomic E-state index is 0.0292. The van der Waals surface area contributed by atoms with Crippen LogP contribution in [0.3, 0.4) is 0 Å². The van der Waals surface area contributed by atoms with Crippen LogP contribution in [0.5, 0.6) is 0 Å². The van der Waals surface area contributed by atoms with E-state index in [4.69, 9.17) is 16.0 Å². The molecule has 0 spiro atoms. The average molecular weight is 507 g/mol. The molecule has 3 fully saturated rings. The monoisotopic (exact) mass is 506 g/mol. The SMILES string of the molecule is N#Cc1c(-c2c[nH]c3ncc(Cl)nc23)nc(N[C@H]2C3CCC(CC3)[C@@H]2C(=O)O)c(F)c1-c1ccco1. The van der Waals surface area contributed by atoms with Gasteiger partial charge in [0.1, 0.15) is 22.5 Å². The Labute approximate surface area is 209 Å². The van der Waals surface area contributed by atoms with Gasteiger partial charge in [0, 0.05) is 17.8 Å². The van der Waals surface area contributed by atoms with Gasteiger partial charge < -0.3 is 19.8 Å². The number of carboxylic acid groups (broad SMARTS) is 1. The Bertz CT molecular complexity index is 1520. The smallest absolute Gasteiger partial charge is 0.308 e. The molecular formula is C25H20ClFN6O3. The molecule has 4 aromatic rings. The van der Waals surface area contributed by atoms with Crippen LogP contribution in [-0.4, -0.2) is 37.1 Å². The van der Waals surface area contributed by atoms with Gasteiger partial charge in [-0.1, -0.05) is 11.6 Å². The van der Waals surface area contributed by atoms with E-state index in [9.17, 15) is 15.2 Å². The first-order valence-electron chi connectivity index (χ1n) is 11.6. The van der Waals surface area contributed by atoms with Gasteiger partial charge in [-0.25, -0.2) is 19.3 Å². The van der Waals surface area contributed by atoms with Crippen LogP contribution in [0.15, 0.2) is 35.2 Å². The second-order valence-electron chi connectivity index (χ2n) is 9.26. The summed E-state index contributed by atoms with van der Waals surface area (Å²) < 4.78 is 21.5. The molecule has 11 heteroatoms. The zero-order valence-corrected chi connectivity index (χ0v) is 19.6. The van der Waals surface area contributed by atoms with Crippen LogP contribution in [0.4, 0.5) is 10.2 Å². The maximum atomic E-state index is 16.1. The molecule has 0 aromatic carbocycles. The van der Waals surface area contributed by atoms with E-state index in [-0.39, 0.29) is 45.4 Å². The van der Waals surface area contributed by atoms with Crippen LogP contribution in [0, 0.1) is 34.9 Å². The number of aromatic amines is 1. The fourth-order valence-corrected chi connectivity index (χ4v) is 5.97. The molecule has 4 aromatic heterocycles. The maximum Gasteiger partial charge on any atom is 0.308 e. The van der Waals surface area contributed by atoms with Crippen LogP contribution in [0.25, 0.3) is 33.7 Å². The lowest BCUT2D eigenvalue weighted by atomic mass is 9.61. The van der Waals surface area contributed by atoms with Gasteiger partial charge in [0.25, 0.3) is 0 Å². The zero-order chi connectivity index (χ0) is 25.0. The normalized spacial score (nSPS) is 23.0. The molecule has 0 amide bonds. The molecule has 3 N–H and O–H groups in total. The number of fused-ring (bicyclic) bond motifs is 4. The predicted octanol–water partition coefficient (Wildman–Crippen LogP) is 5.25. The Balaban J connectivity index is 1.56. The number of rotatable bonds is 5. The average Bonchev–Trinajstić information content (AvgIpc) is 3.55. The fraction of sp³-hybridized carbons (Fsp3) is 0.320. The summed E-state index contributed by atoms with van der Waals surface area (Å²) in [6.45, 7) is 0. The number of H-pyrrole nitrogens is 1. The third-order valence-electron chi connectivity index (χ3n) is 7.43. The van der Waals surface area contributed by atoms with Crippen molar-refractivity contribution in [1.82, 2.24) is 19.9 Å². The van der Waals surface area contributed by atoms with Gasteiger partial charge >= 0.3 is 5.97 Å². The number of nitrogens with zero attached hydrogens (tertiary/aromatic N) is 4. The number of nitrogens with one attached hydrogen (secondary N) is 2. The first kappa shape index (κ1) is 22.5. The predicted molar refractivity (Wildman–Crippen MR) is 128 cm³/mol. The number of hydrogen-bond donors (Lipinski definition) is 3.